The van der Waals surface area contributed by atoms with Crippen molar-refractivity contribution in [3.63, 3.8) is 0 Å². The predicted molar refractivity (Wildman–Crippen MR) is 124 cm³/mol. The zero-order valence-electron chi connectivity index (χ0n) is 18.0. The van der Waals surface area contributed by atoms with Crippen molar-refractivity contribution in [3.8, 4) is 0 Å². The molecule has 0 saturated carbocycles. The Morgan fingerprint density at radius 1 is 0.967 bits per heavy atom. The molecule has 0 fully saturated rings. The van der Waals surface area contributed by atoms with Crippen molar-refractivity contribution < 1.29 is 9.59 Å². The summed E-state index contributed by atoms with van der Waals surface area (Å²) in [5, 5.41) is 3.68. The van der Waals surface area contributed by atoms with Gasteiger partial charge in [-0.25, -0.2) is 0 Å². The number of hydrogen-bond donors (Lipinski definition) is 1. The van der Waals surface area contributed by atoms with Gasteiger partial charge in [0.1, 0.15) is 6.04 Å². The summed E-state index contributed by atoms with van der Waals surface area (Å²) in [5.41, 5.74) is 3.21. The van der Waals surface area contributed by atoms with Crippen LogP contribution in [0.15, 0.2) is 42.5 Å². The second kappa shape index (κ2) is 11.4. The number of likely N-dealkylation sites (N-methyl/N-ethyl adjacent to an activating group) is 1. The summed E-state index contributed by atoms with van der Waals surface area (Å²) < 4.78 is 0. The Balaban J connectivity index is 2.14. The molecule has 2 aromatic rings. The molecule has 1 N–H and O–H groups in total. The molecule has 2 amide bonds. The Morgan fingerprint density at radius 3 is 2.17 bits per heavy atom. The Kier molecular flexibility index (Phi) is 9.19. The van der Waals surface area contributed by atoms with E-state index in [9.17, 15) is 9.59 Å². The van der Waals surface area contributed by atoms with E-state index in [-0.39, 0.29) is 11.8 Å². The van der Waals surface area contributed by atoms with Crippen LogP contribution >= 0.6 is 23.2 Å². The summed E-state index contributed by atoms with van der Waals surface area (Å²) in [5.74, 6) is 0.222. The Hall–Kier alpha value is -2.04. The largest absolute Gasteiger partial charge is 0.355 e. The molecular weight excluding hydrogens is 419 g/mol. The standard InChI is InChI=1S/C24H30Cl2N2O2/c1-5-27-24(30)17(4)28(15-19-8-12-21(25)22(26)14-19)23(29)13-9-18-6-10-20(11-7-18)16(2)3/h6-8,10-12,14,16-17H,5,9,13,15H2,1-4H3,(H,27,30)/t17-/m1/s1. The van der Waals surface area contributed by atoms with Crippen LogP contribution in [0, 0.1) is 0 Å². The lowest BCUT2D eigenvalue weighted by molar-refractivity contribution is -0.140. The smallest absolute Gasteiger partial charge is 0.242 e. The number of hydrogen-bond acceptors (Lipinski definition) is 2. The molecule has 162 valence electrons. The number of carbonyl (C=O) groups is 2. The highest BCUT2D eigenvalue weighted by molar-refractivity contribution is 6.42. The van der Waals surface area contributed by atoms with Crippen LogP contribution in [0.5, 0.6) is 0 Å². The molecular formula is C24H30Cl2N2O2. The van der Waals surface area contributed by atoms with Crippen LogP contribution in [0.1, 0.15) is 56.7 Å². The first-order chi connectivity index (χ1) is 14.2. The molecule has 6 heteroatoms. The lowest BCUT2D eigenvalue weighted by Gasteiger charge is -2.29. The predicted octanol–water partition coefficient (Wildman–Crippen LogP) is 5.60. The SMILES string of the molecule is CCNC(=O)[C@@H](C)N(Cc1ccc(Cl)c(Cl)c1)C(=O)CCc1ccc(C(C)C)cc1. The van der Waals surface area contributed by atoms with Crippen molar-refractivity contribution in [2.75, 3.05) is 6.54 Å². The molecule has 0 aliphatic heterocycles. The van der Waals surface area contributed by atoms with Crippen LogP contribution < -0.4 is 5.32 Å². The number of halogens is 2. The maximum atomic E-state index is 13.1. The third-order valence-electron chi connectivity index (χ3n) is 5.13. The van der Waals surface area contributed by atoms with E-state index in [1.807, 2.05) is 13.0 Å². The van der Waals surface area contributed by atoms with Gasteiger partial charge in [-0.05, 0) is 55.0 Å². The lowest BCUT2D eigenvalue weighted by atomic mass is 10.00. The van der Waals surface area contributed by atoms with E-state index < -0.39 is 6.04 Å². The highest BCUT2D eigenvalue weighted by Gasteiger charge is 2.25. The van der Waals surface area contributed by atoms with E-state index in [2.05, 4.69) is 43.4 Å². The molecule has 0 aliphatic carbocycles. The van der Waals surface area contributed by atoms with Gasteiger partial charge >= 0.3 is 0 Å². The van der Waals surface area contributed by atoms with Gasteiger partial charge < -0.3 is 10.2 Å². The second-order valence-corrected chi connectivity index (χ2v) is 8.55. The van der Waals surface area contributed by atoms with E-state index in [0.717, 1.165) is 11.1 Å². The highest BCUT2D eigenvalue weighted by Crippen LogP contribution is 2.24. The van der Waals surface area contributed by atoms with Crippen LogP contribution in [0.2, 0.25) is 10.0 Å². The first-order valence-corrected chi connectivity index (χ1v) is 11.1. The fraction of sp³-hybridized carbons (Fsp3) is 0.417. The van der Waals surface area contributed by atoms with Crippen molar-refractivity contribution in [2.24, 2.45) is 0 Å². The van der Waals surface area contributed by atoms with Crippen molar-refractivity contribution in [3.05, 3.63) is 69.2 Å². The van der Waals surface area contributed by atoms with Gasteiger partial charge in [0.15, 0.2) is 0 Å². The summed E-state index contributed by atoms with van der Waals surface area (Å²) in [4.78, 5) is 27.1. The zero-order valence-corrected chi connectivity index (χ0v) is 19.6. The fourth-order valence-corrected chi connectivity index (χ4v) is 3.52. The van der Waals surface area contributed by atoms with Crippen LogP contribution in [0.25, 0.3) is 0 Å². The van der Waals surface area contributed by atoms with Crippen LogP contribution in [-0.2, 0) is 22.6 Å². The number of rotatable bonds is 9. The van der Waals surface area contributed by atoms with E-state index >= 15 is 0 Å². The number of carbonyl (C=O) groups excluding carboxylic acids is 2. The van der Waals surface area contributed by atoms with E-state index in [1.54, 1.807) is 24.0 Å². The third kappa shape index (κ3) is 6.75. The van der Waals surface area contributed by atoms with E-state index in [4.69, 9.17) is 23.2 Å². The van der Waals surface area contributed by atoms with Gasteiger partial charge in [-0.1, -0.05) is 67.4 Å². The molecule has 4 nitrogen and oxygen atoms in total. The van der Waals surface area contributed by atoms with E-state index in [0.29, 0.717) is 41.9 Å². The summed E-state index contributed by atoms with van der Waals surface area (Å²) in [6.45, 7) is 8.72. The van der Waals surface area contributed by atoms with Gasteiger partial charge in [-0.3, -0.25) is 9.59 Å². The molecule has 0 aliphatic rings. The maximum Gasteiger partial charge on any atom is 0.242 e. The minimum Gasteiger partial charge on any atom is -0.355 e. The number of nitrogens with one attached hydrogen (secondary N) is 1. The molecule has 30 heavy (non-hydrogen) atoms. The van der Waals surface area contributed by atoms with Crippen molar-refractivity contribution >= 4 is 35.0 Å². The molecule has 2 aromatic carbocycles. The molecule has 0 saturated heterocycles. The normalized spacial score (nSPS) is 12.0. The molecule has 1 atom stereocenters. The van der Waals surface area contributed by atoms with Crippen molar-refractivity contribution in [1.29, 1.82) is 0 Å². The lowest BCUT2D eigenvalue weighted by Crippen LogP contribution is -2.47. The molecule has 0 radical (unpaired) electrons. The van der Waals surface area contributed by atoms with Gasteiger partial charge in [0.25, 0.3) is 0 Å². The number of aryl methyl sites for hydroxylation is 1. The van der Waals surface area contributed by atoms with Crippen molar-refractivity contribution in [1.82, 2.24) is 10.2 Å². The molecule has 0 aromatic heterocycles. The Labute approximate surface area is 189 Å². The summed E-state index contributed by atoms with van der Waals surface area (Å²) in [6.07, 6.45) is 0.948. The second-order valence-electron chi connectivity index (χ2n) is 7.74. The van der Waals surface area contributed by atoms with Gasteiger partial charge in [0, 0.05) is 19.5 Å². The van der Waals surface area contributed by atoms with E-state index in [1.165, 1.54) is 5.56 Å². The maximum absolute atomic E-state index is 13.1. The molecule has 2 rings (SSSR count). The average Bonchev–Trinajstić information content (AvgIpc) is 2.72. The first-order valence-electron chi connectivity index (χ1n) is 10.3. The Morgan fingerprint density at radius 2 is 1.60 bits per heavy atom. The minimum atomic E-state index is -0.588. The van der Waals surface area contributed by atoms with Gasteiger partial charge in [0.05, 0.1) is 10.0 Å². The molecule has 0 bridgehead atoms. The third-order valence-corrected chi connectivity index (χ3v) is 5.87. The number of amides is 2. The molecule has 0 spiro atoms. The van der Waals surface area contributed by atoms with Gasteiger partial charge in [-0.15, -0.1) is 0 Å². The quantitative estimate of drug-likeness (QED) is 0.542. The molecule has 0 heterocycles. The number of nitrogens with zero attached hydrogens (tertiary/aromatic N) is 1. The number of benzene rings is 2. The van der Waals surface area contributed by atoms with Gasteiger partial charge in [-0.2, -0.15) is 0 Å². The summed E-state index contributed by atoms with van der Waals surface area (Å²) in [6, 6.07) is 13.0. The van der Waals surface area contributed by atoms with Crippen molar-refractivity contribution in [2.45, 2.75) is 59.0 Å². The molecule has 0 unspecified atom stereocenters. The van der Waals surface area contributed by atoms with Crippen LogP contribution in [0.3, 0.4) is 0 Å². The summed E-state index contributed by atoms with van der Waals surface area (Å²) >= 11 is 12.1. The Bertz CT molecular complexity index is 866. The summed E-state index contributed by atoms with van der Waals surface area (Å²) in [7, 11) is 0. The highest BCUT2D eigenvalue weighted by atomic mass is 35.5. The topological polar surface area (TPSA) is 49.4 Å². The average molecular weight is 449 g/mol. The fourth-order valence-electron chi connectivity index (χ4n) is 3.20. The minimum absolute atomic E-state index is 0.0761. The van der Waals surface area contributed by atoms with Crippen LogP contribution in [0.4, 0.5) is 0 Å². The zero-order chi connectivity index (χ0) is 22.3. The van der Waals surface area contributed by atoms with Gasteiger partial charge in [0.2, 0.25) is 11.8 Å². The van der Waals surface area contributed by atoms with Crippen LogP contribution in [-0.4, -0.2) is 29.3 Å². The first kappa shape index (κ1) is 24.2. The monoisotopic (exact) mass is 448 g/mol.